The maximum absolute atomic E-state index is 11.1. The first-order valence-electron chi connectivity index (χ1n) is 3.60. The molecule has 0 spiro atoms. The van der Waals surface area contributed by atoms with Crippen molar-refractivity contribution in [3.8, 4) is 6.07 Å². The molecule has 6 nitrogen and oxygen atoms in total. The second-order valence-corrected chi connectivity index (χ2v) is 6.00. The topological polar surface area (TPSA) is 101 Å². The lowest BCUT2D eigenvalue weighted by Gasteiger charge is -2.01. The maximum Gasteiger partial charge on any atom is 0.284 e. The van der Waals surface area contributed by atoms with Gasteiger partial charge in [-0.25, -0.2) is 8.42 Å². The van der Waals surface area contributed by atoms with Crippen LogP contribution in [0.15, 0.2) is 21.5 Å². The standard InChI is InChI=1S/C7H2BrClN2O4S/c8-5-1-4(3-10)7(16(9,14)15)2-6(5)11(12)13/h1-2H. The molecule has 84 valence electrons. The van der Waals surface area contributed by atoms with Crippen molar-refractivity contribution in [1.82, 2.24) is 0 Å². The zero-order chi connectivity index (χ0) is 12.5. The summed E-state index contributed by atoms with van der Waals surface area (Å²) >= 11 is 2.86. The van der Waals surface area contributed by atoms with E-state index in [2.05, 4.69) is 15.9 Å². The Hall–Kier alpha value is -1.17. The van der Waals surface area contributed by atoms with Gasteiger partial charge in [0, 0.05) is 16.7 Å². The van der Waals surface area contributed by atoms with Gasteiger partial charge in [-0.1, -0.05) is 0 Å². The van der Waals surface area contributed by atoms with Crippen molar-refractivity contribution in [3.05, 3.63) is 32.3 Å². The van der Waals surface area contributed by atoms with E-state index < -0.39 is 24.6 Å². The molecule has 0 amide bonds. The lowest BCUT2D eigenvalue weighted by atomic mass is 10.2. The van der Waals surface area contributed by atoms with Crippen molar-refractivity contribution >= 4 is 41.4 Å². The molecule has 0 unspecified atom stereocenters. The van der Waals surface area contributed by atoms with Crippen LogP contribution in [-0.4, -0.2) is 13.3 Å². The van der Waals surface area contributed by atoms with Gasteiger partial charge >= 0.3 is 0 Å². The molecule has 0 aliphatic rings. The molecule has 0 N–H and O–H groups in total. The van der Waals surface area contributed by atoms with Crippen LogP contribution in [0.1, 0.15) is 5.56 Å². The quantitative estimate of drug-likeness (QED) is 0.471. The zero-order valence-corrected chi connectivity index (χ0v) is 10.5. The van der Waals surface area contributed by atoms with Gasteiger partial charge in [0.2, 0.25) is 0 Å². The van der Waals surface area contributed by atoms with Gasteiger partial charge in [-0.15, -0.1) is 0 Å². The second-order valence-electron chi connectivity index (χ2n) is 2.61. The molecular formula is C7H2BrClN2O4S. The molecule has 0 aromatic heterocycles. The van der Waals surface area contributed by atoms with Crippen molar-refractivity contribution in [2.24, 2.45) is 0 Å². The largest absolute Gasteiger partial charge is 0.284 e. The fourth-order valence-electron chi connectivity index (χ4n) is 0.972. The normalized spacial score (nSPS) is 10.8. The fourth-order valence-corrected chi connectivity index (χ4v) is 2.46. The zero-order valence-electron chi connectivity index (χ0n) is 7.35. The van der Waals surface area contributed by atoms with Crippen LogP contribution in [-0.2, 0) is 9.05 Å². The van der Waals surface area contributed by atoms with Crippen molar-refractivity contribution in [2.45, 2.75) is 4.90 Å². The van der Waals surface area contributed by atoms with Gasteiger partial charge in [-0.2, -0.15) is 5.26 Å². The van der Waals surface area contributed by atoms with Crippen LogP contribution >= 0.6 is 26.6 Å². The van der Waals surface area contributed by atoms with E-state index in [4.69, 9.17) is 15.9 Å². The lowest BCUT2D eigenvalue weighted by molar-refractivity contribution is -0.385. The Bertz CT molecular complexity index is 608. The van der Waals surface area contributed by atoms with Gasteiger partial charge in [0.25, 0.3) is 14.7 Å². The number of hydrogen-bond donors (Lipinski definition) is 0. The molecule has 16 heavy (non-hydrogen) atoms. The number of nitro benzene ring substituents is 1. The smallest absolute Gasteiger partial charge is 0.258 e. The predicted octanol–water partition coefficient (Wildman–Crippen LogP) is 2.16. The summed E-state index contributed by atoms with van der Waals surface area (Å²) in [6, 6.07) is 3.37. The summed E-state index contributed by atoms with van der Waals surface area (Å²) in [5.41, 5.74) is -0.731. The number of hydrogen-bond acceptors (Lipinski definition) is 5. The van der Waals surface area contributed by atoms with Gasteiger partial charge in [0.05, 0.1) is 15.0 Å². The number of benzene rings is 1. The number of rotatable bonds is 2. The third-order valence-electron chi connectivity index (χ3n) is 1.63. The fraction of sp³-hybridized carbons (Fsp3) is 0. The van der Waals surface area contributed by atoms with Gasteiger partial charge in [0.15, 0.2) is 0 Å². The third-order valence-corrected chi connectivity index (χ3v) is 3.63. The number of nitrogens with zero attached hydrogens (tertiary/aromatic N) is 2. The molecule has 1 aromatic rings. The van der Waals surface area contributed by atoms with Crippen LogP contribution in [0, 0.1) is 21.4 Å². The van der Waals surface area contributed by atoms with E-state index in [-0.39, 0.29) is 10.0 Å². The molecule has 0 fully saturated rings. The minimum atomic E-state index is -4.19. The van der Waals surface area contributed by atoms with Crippen LogP contribution in [0.5, 0.6) is 0 Å². The second kappa shape index (κ2) is 4.37. The van der Waals surface area contributed by atoms with Crippen molar-refractivity contribution in [3.63, 3.8) is 0 Å². The van der Waals surface area contributed by atoms with E-state index in [0.29, 0.717) is 0 Å². The molecule has 9 heteroatoms. The summed E-state index contributed by atoms with van der Waals surface area (Å²) in [4.78, 5) is 9.20. The van der Waals surface area contributed by atoms with Crippen LogP contribution in [0.4, 0.5) is 5.69 Å². The Balaban J connectivity index is 3.68. The Kier molecular flexibility index (Phi) is 3.52. The van der Waals surface area contributed by atoms with Gasteiger partial charge in [-0.3, -0.25) is 10.1 Å². The first kappa shape index (κ1) is 12.9. The number of nitriles is 1. The molecule has 0 aliphatic carbocycles. The monoisotopic (exact) mass is 324 g/mol. The van der Waals surface area contributed by atoms with Crippen molar-refractivity contribution in [1.29, 1.82) is 5.26 Å². The van der Waals surface area contributed by atoms with Gasteiger partial charge < -0.3 is 0 Å². The van der Waals surface area contributed by atoms with E-state index >= 15 is 0 Å². The maximum atomic E-state index is 11.1. The Morgan fingerprint density at radius 2 is 2.06 bits per heavy atom. The van der Waals surface area contributed by atoms with E-state index in [1.165, 1.54) is 0 Å². The summed E-state index contributed by atoms with van der Waals surface area (Å²) < 4.78 is 22.2. The minimum Gasteiger partial charge on any atom is -0.258 e. The summed E-state index contributed by atoms with van der Waals surface area (Å²) in [7, 11) is 0.861. The highest BCUT2D eigenvalue weighted by atomic mass is 79.9. The molecule has 0 saturated heterocycles. The van der Waals surface area contributed by atoms with Crippen LogP contribution < -0.4 is 0 Å². The molecule has 1 aromatic carbocycles. The Morgan fingerprint density at radius 3 is 2.44 bits per heavy atom. The molecule has 1 rings (SSSR count). The Labute approximate surface area is 103 Å². The SMILES string of the molecule is N#Cc1cc(Br)c([N+](=O)[O-])cc1S(=O)(=O)Cl. The number of halogens is 2. The first-order valence-corrected chi connectivity index (χ1v) is 6.70. The van der Waals surface area contributed by atoms with Gasteiger partial charge in [-0.05, 0) is 22.0 Å². The highest BCUT2D eigenvalue weighted by Gasteiger charge is 2.23. The van der Waals surface area contributed by atoms with E-state index in [1.807, 2.05) is 0 Å². The molecule has 0 heterocycles. The molecule has 0 atom stereocenters. The molecule has 0 bridgehead atoms. The summed E-state index contributed by atoms with van der Waals surface area (Å²) in [5, 5.41) is 19.2. The predicted molar refractivity (Wildman–Crippen MR) is 58.6 cm³/mol. The summed E-state index contributed by atoms with van der Waals surface area (Å²) in [6.45, 7) is 0. The number of nitro groups is 1. The van der Waals surface area contributed by atoms with Crippen LogP contribution in [0.25, 0.3) is 0 Å². The molecular weight excluding hydrogens is 324 g/mol. The third kappa shape index (κ3) is 2.49. The van der Waals surface area contributed by atoms with E-state index in [9.17, 15) is 18.5 Å². The minimum absolute atomic E-state index is 0.0121. The highest BCUT2D eigenvalue weighted by Crippen LogP contribution is 2.31. The average molecular weight is 326 g/mol. The van der Waals surface area contributed by atoms with Crippen LogP contribution in [0.3, 0.4) is 0 Å². The van der Waals surface area contributed by atoms with E-state index in [1.54, 1.807) is 6.07 Å². The highest BCUT2D eigenvalue weighted by molar-refractivity contribution is 9.10. The molecule has 0 saturated carbocycles. The van der Waals surface area contributed by atoms with E-state index in [0.717, 1.165) is 12.1 Å². The van der Waals surface area contributed by atoms with Crippen LogP contribution in [0.2, 0.25) is 0 Å². The molecule has 0 aliphatic heterocycles. The van der Waals surface area contributed by atoms with Gasteiger partial charge in [0.1, 0.15) is 11.0 Å². The first-order chi connectivity index (χ1) is 7.27. The van der Waals surface area contributed by atoms with Crippen molar-refractivity contribution in [2.75, 3.05) is 0 Å². The summed E-state index contributed by atoms with van der Waals surface area (Å²) in [6.07, 6.45) is 0. The summed E-state index contributed by atoms with van der Waals surface area (Å²) in [5.74, 6) is 0. The lowest BCUT2D eigenvalue weighted by Crippen LogP contribution is -1.99. The average Bonchev–Trinajstić information content (AvgIpc) is 2.14. The van der Waals surface area contributed by atoms with Crippen molar-refractivity contribution < 1.29 is 13.3 Å². The molecule has 0 radical (unpaired) electrons. The Morgan fingerprint density at radius 1 is 1.50 bits per heavy atom.